The van der Waals surface area contributed by atoms with E-state index in [0.717, 1.165) is 19.3 Å². The number of likely N-dealkylation sites (tertiary alicyclic amines) is 1. The van der Waals surface area contributed by atoms with Crippen LogP contribution in [0.4, 0.5) is 0 Å². The first-order valence-electron chi connectivity index (χ1n) is 8.99. The molecule has 6 heteroatoms. The predicted molar refractivity (Wildman–Crippen MR) is 97.1 cm³/mol. The number of carbonyl (C=O) groups is 2. The number of hydrogen-bond donors (Lipinski definition) is 1. The summed E-state index contributed by atoms with van der Waals surface area (Å²) in [6.07, 6.45) is 3.92. The van der Waals surface area contributed by atoms with E-state index in [1.165, 1.54) is 11.8 Å². The molecule has 0 radical (unpaired) electrons. The van der Waals surface area contributed by atoms with E-state index in [0.29, 0.717) is 24.6 Å². The van der Waals surface area contributed by atoms with Crippen molar-refractivity contribution in [2.45, 2.75) is 32.2 Å². The van der Waals surface area contributed by atoms with Crippen LogP contribution in [0, 0.1) is 0 Å². The molecular weight excluding hydrogens is 332 g/mol. The van der Waals surface area contributed by atoms with Gasteiger partial charge in [0, 0.05) is 19.1 Å². The SMILES string of the molecule is CCc1ccc(OCC(=O)NC2CCN(C(=O)c3ccco3)CC2)cc1. The largest absolute Gasteiger partial charge is 0.484 e. The molecule has 26 heavy (non-hydrogen) atoms. The lowest BCUT2D eigenvalue weighted by atomic mass is 10.0. The van der Waals surface area contributed by atoms with Crippen LogP contribution in [0.15, 0.2) is 47.1 Å². The Hall–Kier alpha value is -2.76. The average molecular weight is 356 g/mol. The third-order valence-corrected chi connectivity index (χ3v) is 4.58. The number of amides is 2. The highest BCUT2D eigenvalue weighted by Gasteiger charge is 2.25. The monoisotopic (exact) mass is 356 g/mol. The van der Waals surface area contributed by atoms with E-state index in [1.807, 2.05) is 24.3 Å². The number of aryl methyl sites for hydroxylation is 1. The Morgan fingerprint density at radius 1 is 1.19 bits per heavy atom. The van der Waals surface area contributed by atoms with Gasteiger partial charge < -0.3 is 19.4 Å². The van der Waals surface area contributed by atoms with E-state index in [-0.39, 0.29) is 24.5 Å². The number of rotatable bonds is 6. The van der Waals surface area contributed by atoms with Gasteiger partial charge in [0.15, 0.2) is 12.4 Å². The number of piperidine rings is 1. The summed E-state index contributed by atoms with van der Waals surface area (Å²) in [4.78, 5) is 26.1. The molecule has 1 saturated heterocycles. The Morgan fingerprint density at radius 2 is 1.92 bits per heavy atom. The fourth-order valence-corrected chi connectivity index (χ4v) is 3.02. The molecule has 2 amide bonds. The number of carbonyl (C=O) groups excluding carboxylic acids is 2. The van der Waals surface area contributed by atoms with E-state index >= 15 is 0 Å². The molecule has 0 spiro atoms. The molecule has 0 saturated carbocycles. The van der Waals surface area contributed by atoms with Crippen LogP contribution in [0.25, 0.3) is 0 Å². The van der Waals surface area contributed by atoms with Crippen LogP contribution in [0.5, 0.6) is 5.75 Å². The van der Waals surface area contributed by atoms with Gasteiger partial charge in [0.25, 0.3) is 11.8 Å². The minimum Gasteiger partial charge on any atom is -0.484 e. The van der Waals surface area contributed by atoms with Crippen LogP contribution in [0.2, 0.25) is 0 Å². The number of furan rings is 1. The minimum absolute atomic E-state index is 0.00296. The zero-order valence-electron chi connectivity index (χ0n) is 14.9. The van der Waals surface area contributed by atoms with E-state index in [9.17, 15) is 9.59 Å². The number of nitrogens with one attached hydrogen (secondary N) is 1. The molecule has 2 aromatic rings. The summed E-state index contributed by atoms with van der Waals surface area (Å²) in [5.41, 5.74) is 1.23. The standard InChI is InChI=1S/C20H24N2O4/c1-2-15-5-7-17(8-6-15)26-14-19(23)21-16-9-11-22(12-10-16)20(24)18-4-3-13-25-18/h3-8,13,16H,2,9-12,14H2,1H3,(H,21,23). The van der Waals surface area contributed by atoms with E-state index in [4.69, 9.17) is 9.15 Å². The third-order valence-electron chi connectivity index (χ3n) is 4.58. The summed E-state index contributed by atoms with van der Waals surface area (Å²) in [5.74, 6) is 0.810. The van der Waals surface area contributed by atoms with Gasteiger partial charge in [-0.05, 0) is 49.1 Å². The van der Waals surface area contributed by atoms with Crippen LogP contribution in [-0.2, 0) is 11.2 Å². The third kappa shape index (κ3) is 4.65. The summed E-state index contributed by atoms with van der Waals surface area (Å²) in [6.45, 7) is 3.29. The maximum absolute atomic E-state index is 12.2. The first-order chi connectivity index (χ1) is 12.7. The molecule has 1 aromatic heterocycles. The average Bonchev–Trinajstić information content (AvgIpc) is 3.21. The molecule has 0 unspecified atom stereocenters. The Morgan fingerprint density at radius 3 is 2.54 bits per heavy atom. The lowest BCUT2D eigenvalue weighted by Gasteiger charge is -2.31. The van der Waals surface area contributed by atoms with Crippen molar-refractivity contribution in [1.82, 2.24) is 10.2 Å². The number of ether oxygens (including phenoxy) is 1. The summed E-state index contributed by atoms with van der Waals surface area (Å²) >= 11 is 0. The molecule has 1 N–H and O–H groups in total. The normalized spacial score (nSPS) is 14.9. The highest BCUT2D eigenvalue weighted by molar-refractivity contribution is 5.91. The molecule has 138 valence electrons. The molecule has 0 aliphatic carbocycles. The summed E-state index contributed by atoms with van der Waals surface area (Å²) < 4.78 is 10.7. The maximum atomic E-state index is 12.2. The first-order valence-corrected chi connectivity index (χ1v) is 8.99. The van der Waals surface area contributed by atoms with Crippen LogP contribution >= 0.6 is 0 Å². The molecule has 0 atom stereocenters. The second-order valence-corrected chi connectivity index (χ2v) is 6.40. The molecule has 1 aromatic carbocycles. The zero-order valence-corrected chi connectivity index (χ0v) is 14.9. The Bertz CT molecular complexity index is 717. The van der Waals surface area contributed by atoms with Crippen molar-refractivity contribution >= 4 is 11.8 Å². The summed E-state index contributed by atoms with van der Waals surface area (Å²) in [5, 5.41) is 2.98. The van der Waals surface area contributed by atoms with E-state index < -0.39 is 0 Å². The number of hydrogen-bond acceptors (Lipinski definition) is 4. The van der Waals surface area contributed by atoms with Gasteiger partial charge >= 0.3 is 0 Å². The summed E-state index contributed by atoms with van der Waals surface area (Å²) in [7, 11) is 0. The lowest BCUT2D eigenvalue weighted by Crippen LogP contribution is -2.47. The molecule has 3 rings (SSSR count). The van der Waals surface area contributed by atoms with Crippen molar-refractivity contribution in [1.29, 1.82) is 0 Å². The molecule has 2 heterocycles. The van der Waals surface area contributed by atoms with Crippen LogP contribution < -0.4 is 10.1 Å². The van der Waals surface area contributed by atoms with Gasteiger partial charge in [-0.2, -0.15) is 0 Å². The quantitative estimate of drug-likeness (QED) is 0.864. The minimum atomic E-state index is -0.139. The lowest BCUT2D eigenvalue weighted by molar-refractivity contribution is -0.124. The smallest absolute Gasteiger partial charge is 0.289 e. The fraction of sp³-hybridized carbons (Fsp3) is 0.400. The van der Waals surface area contributed by atoms with Gasteiger partial charge in [0.2, 0.25) is 0 Å². The predicted octanol–water partition coefficient (Wildman–Crippen LogP) is 2.64. The van der Waals surface area contributed by atoms with Crippen molar-refractivity contribution in [2.75, 3.05) is 19.7 Å². The molecule has 6 nitrogen and oxygen atoms in total. The number of nitrogens with zero attached hydrogens (tertiary/aromatic N) is 1. The van der Waals surface area contributed by atoms with Crippen LogP contribution in [0.3, 0.4) is 0 Å². The molecule has 0 bridgehead atoms. The summed E-state index contributed by atoms with van der Waals surface area (Å²) in [6, 6.07) is 11.2. The van der Waals surface area contributed by atoms with Crippen LogP contribution in [-0.4, -0.2) is 42.5 Å². The molecule has 1 fully saturated rings. The van der Waals surface area contributed by atoms with Crippen molar-refractivity contribution in [2.24, 2.45) is 0 Å². The Balaban J connectivity index is 1.39. The zero-order chi connectivity index (χ0) is 18.4. The number of benzene rings is 1. The highest BCUT2D eigenvalue weighted by Crippen LogP contribution is 2.15. The Kier molecular flexibility index (Phi) is 5.94. The van der Waals surface area contributed by atoms with Gasteiger partial charge in [-0.25, -0.2) is 0 Å². The van der Waals surface area contributed by atoms with Crippen molar-refractivity contribution in [3.63, 3.8) is 0 Å². The van der Waals surface area contributed by atoms with Gasteiger partial charge in [-0.1, -0.05) is 19.1 Å². The van der Waals surface area contributed by atoms with Gasteiger partial charge in [-0.3, -0.25) is 9.59 Å². The second kappa shape index (κ2) is 8.56. The van der Waals surface area contributed by atoms with Crippen molar-refractivity contribution in [3.05, 3.63) is 54.0 Å². The maximum Gasteiger partial charge on any atom is 0.289 e. The second-order valence-electron chi connectivity index (χ2n) is 6.40. The topological polar surface area (TPSA) is 71.8 Å². The molecule has 1 aliphatic heterocycles. The van der Waals surface area contributed by atoms with Gasteiger partial charge in [0.1, 0.15) is 5.75 Å². The highest BCUT2D eigenvalue weighted by atomic mass is 16.5. The van der Waals surface area contributed by atoms with Crippen molar-refractivity contribution < 1.29 is 18.7 Å². The van der Waals surface area contributed by atoms with Crippen LogP contribution in [0.1, 0.15) is 35.9 Å². The fourth-order valence-electron chi connectivity index (χ4n) is 3.02. The molecular formula is C20H24N2O4. The van der Waals surface area contributed by atoms with E-state index in [2.05, 4.69) is 12.2 Å². The van der Waals surface area contributed by atoms with Gasteiger partial charge in [0.05, 0.1) is 6.26 Å². The molecule has 1 aliphatic rings. The Labute approximate surface area is 153 Å². The van der Waals surface area contributed by atoms with Crippen molar-refractivity contribution in [3.8, 4) is 5.75 Å². The van der Waals surface area contributed by atoms with E-state index in [1.54, 1.807) is 17.0 Å². The van der Waals surface area contributed by atoms with Gasteiger partial charge in [-0.15, -0.1) is 0 Å². The first kappa shape index (κ1) is 18.0.